The molecule has 0 aromatic heterocycles. The highest BCUT2D eigenvalue weighted by molar-refractivity contribution is 6.31. The zero-order valence-electron chi connectivity index (χ0n) is 17.8. The number of carbonyl (C=O) groups excluding carboxylic acids is 2. The maximum atomic E-state index is 13.6. The van der Waals surface area contributed by atoms with Gasteiger partial charge in [0.1, 0.15) is 11.7 Å². The van der Waals surface area contributed by atoms with Gasteiger partial charge in [0.05, 0.1) is 29.4 Å². The molecule has 0 unspecified atom stereocenters. The van der Waals surface area contributed by atoms with E-state index in [2.05, 4.69) is 0 Å². The average Bonchev–Trinajstić information content (AvgIpc) is 3.36. The van der Waals surface area contributed by atoms with Crippen LogP contribution in [0, 0.1) is 16.0 Å². The van der Waals surface area contributed by atoms with Crippen molar-refractivity contribution in [1.82, 2.24) is 0 Å². The van der Waals surface area contributed by atoms with E-state index in [4.69, 9.17) is 21.2 Å². The van der Waals surface area contributed by atoms with E-state index in [0.29, 0.717) is 27.7 Å². The molecular formula is C24H18ClN3O6. The van der Waals surface area contributed by atoms with Crippen LogP contribution in [0.2, 0.25) is 5.02 Å². The summed E-state index contributed by atoms with van der Waals surface area (Å²) in [6.45, 7) is 0. The SMILES string of the molecule is COc1cccc([C@H]2[C@@H]3C(=O)N(c4ccc(Cl)cc4)C(=O)[C@H]3ON2c2cccc([N+](=O)[O-])c2)c1. The van der Waals surface area contributed by atoms with Crippen molar-refractivity contribution >= 4 is 40.5 Å². The summed E-state index contributed by atoms with van der Waals surface area (Å²) >= 11 is 5.96. The Labute approximate surface area is 199 Å². The Balaban J connectivity index is 1.60. The number of nitrogens with zero attached hydrogens (tertiary/aromatic N) is 3. The van der Waals surface area contributed by atoms with Crippen molar-refractivity contribution in [1.29, 1.82) is 0 Å². The van der Waals surface area contributed by atoms with Crippen molar-refractivity contribution in [3.8, 4) is 5.75 Å². The average molecular weight is 480 g/mol. The number of hydrogen-bond donors (Lipinski definition) is 0. The molecule has 9 nitrogen and oxygen atoms in total. The van der Waals surface area contributed by atoms with Crippen LogP contribution in [0.5, 0.6) is 5.75 Å². The molecule has 2 aliphatic heterocycles. The van der Waals surface area contributed by atoms with Gasteiger partial charge in [-0.15, -0.1) is 0 Å². The van der Waals surface area contributed by atoms with Crippen molar-refractivity contribution in [3.05, 3.63) is 93.5 Å². The number of halogens is 1. The lowest BCUT2D eigenvalue weighted by Crippen LogP contribution is -2.37. The first-order chi connectivity index (χ1) is 16.4. The molecule has 34 heavy (non-hydrogen) atoms. The Morgan fingerprint density at radius 3 is 2.41 bits per heavy atom. The summed E-state index contributed by atoms with van der Waals surface area (Å²) in [7, 11) is 1.53. The smallest absolute Gasteiger partial charge is 0.271 e. The Morgan fingerprint density at radius 2 is 1.71 bits per heavy atom. The lowest BCUT2D eigenvalue weighted by Gasteiger charge is -2.28. The summed E-state index contributed by atoms with van der Waals surface area (Å²) in [5, 5.41) is 13.2. The topological polar surface area (TPSA) is 102 Å². The zero-order valence-corrected chi connectivity index (χ0v) is 18.6. The number of methoxy groups -OCH3 is 1. The molecule has 172 valence electrons. The van der Waals surface area contributed by atoms with Crippen LogP contribution in [0.3, 0.4) is 0 Å². The summed E-state index contributed by atoms with van der Waals surface area (Å²) in [6.07, 6.45) is -1.10. The number of carbonyl (C=O) groups is 2. The second kappa shape index (κ2) is 8.44. The van der Waals surface area contributed by atoms with Crippen LogP contribution in [-0.2, 0) is 14.4 Å². The first-order valence-electron chi connectivity index (χ1n) is 10.4. The predicted molar refractivity (Wildman–Crippen MR) is 124 cm³/mol. The third-order valence-corrected chi connectivity index (χ3v) is 6.18. The van der Waals surface area contributed by atoms with Crippen LogP contribution in [0.15, 0.2) is 72.8 Å². The largest absolute Gasteiger partial charge is 0.497 e. The number of amides is 2. The predicted octanol–water partition coefficient (Wildman–Crippen LogP) is 4.31. The third-order valence-electron chi connectivity index (χ3n) is 5.93. The molecule has 0 saturated carbocycles. The molecule has 0 spiro atoms. The normalized spacial score (nSPS) is 21.6. The molecular weight excluding hydrogens is 462 g/mol. The van der Waals surface area contributed by atoms with Gasteiger partial charge >= 0.3 is 0 Å². The summed E-state index contributed by atoms with van der Waals surface area (Å²) in [5.41, 5.74) is 1.28. The lowest BCUT2D eigenvalue weighted by molar-refractivity contribution is -0.384. The second-order valence-corrected chi connectivity index (χ2v) is 8.30. The molecule has 5 rings (SSSR count). The second-order valence-electron chi connectivity index (χ2n) is 7.86. The molecule has 0 aliphatic carbocycles. The van der Waals surface area contributed by atoms with E-state index in [9.17, 15) is 19.7 Å². The van der Waals surface area contributed by atoms with Crippen LogP contribution in [-0.4, -0.2) is 30.0 Å². The van der Waals surface area contributed by atoms with Crippen molar-refractivity contribution < 1.29 is 24.1 Å². The van der Waals surface area contributed by atoms with Crippen molar-refractivity contribution in [2.75, 3.05) is 17.1 Å². The Morgan fingerprint density at radius 1 is 0.971 bits per heavy atom. The monoisotopic (exact) mass is 479 g/mol. The Hall–Kier alpha value is -3.95. The van der Waals surface area contributed by atoms with Gasteiger partial charge in [0.2, 0.25) is 5.91 Å². The number of benzene rings is 3. The number of hydrogen-bond acceptors (Lipinski definition) is 7. The van der Waals surface area contributed by atoms with Crippen LogP contribution in [0.4, 0.5) is 17.1 Å². The summed E-state index contributed by atoms with van der Waals surface area (Å²) in [5.74, 6) is -1.27. The molecule has 3 aromatic rings. The van der Waals surface area contributed by atoms with Crippen LogP contribution in [0.1, 0.15) is 11.6 Å². The highest BCUT2D eigenvalue weighted by atomic mass is 35.5. The van der Waals surface area contributed by atoms with Gasteiger partial charge in [-0.2, -0.15) is 0 Å². The molecule has 2 heterocycles. The first kappa shape index (κ1) is 21.9. The minimum Gasteiger partial charge on any atom is -0.497 e. The zero-order chi connectivity index (χ0) is 24.0. The minimum absolute atomic E-state index is 0.136. The van der Waals surface area contributed by atoms with Gasteiger partial charge in [-0.1, -0.05) is 29.8 Å². The van der Waals surface area contributed by atoms with Crippen molar-refractivity contribution in [3.63, 3.8) is 0 Å². The van der Waals surface area contributed by atoms with Crippen LogP contribution >= 0.6 is 11.6 Å². The fourth-order valence-electron chi connectivity index (χ4n) is 4.39. The van der Waals surface area contributed by atoms with E-state index >= 15 is 0 Å². The van der Waals surface area contributed by atoms with E-state index in [1.54, 1.807) is 54.6 Å². The Bertz CT molecular complexity index is 1300. The van der Waals surface area contributed by atoms with Crippen molar-refractivity contribution in [2.45, 2.75) is 12.1 Å². The highest BCUT2D eigenvalue weighted by Crippen LogP contribution is 2.48. The van der Waals surface area contributed by atoms with E-state index in [-0.39, 0.29) is 5.69 Å². The summed E-state index contributed by atoms with van der Waals surface area (Å²) < 4.78 is 5.34. The molecule has 3 atom stereocenters. The van der Waals surface area contributed by atoms with Gasteiger partial charge in [0.25, 0.3) is 11.6 Å². The number of rotatable bonds is 5. The van der Waals surface area contributed by atoms with Crippen LogP contribution in [0.25, 0.3) is 0 Å². The third kappa shape index (κ3) is 3.55. The fourth-order valence-corrected chi connectivity index (χ4v) is 4.52. The van der Waals surface area contributed by atoms with Gasteiger partial charge in [-0.05, 0) is 48.0 Å². The number of non-ortho nitro benzene ring substituents is 1. The first-order valence-corrected chi connectivity index (χ1v) is 10.7. The highest BCUT2D eigenvalue weighted by Gasteiger charge is 2.60. The molecule has 10 heteroatoms. The molecule has 2 fully saturated rings. The summed E-state index contributed by atoms with van der Waals surface area (Å²) in [4.78, 5) is 44.9. The number of hydroxylamine groups is 1. The standard InChI is InChI=1S/C24H18ClN3O6/c1-33-19-7-2-4-14(12-19)21-20-22(34-27(21)17-5-3-6-18(13-17)28(31)32)24(30)26(23(20)29)16-10-8-15(25)9-11-16/h2-13,20-22H,1H3/t20-,21-,22-/m0/s1. The molecule has 0 radical (unpaired) electrons. The van der Waals surface area contributed by atoms with Gasteiger partial charge in [0.15, 0.2) is 6.10 Å². The van der Waals surface area contributed by atoms with E-state index in [1.165, 1.54) is 30.4 Å². The van der Waals surface area contributed by atoms with E-state index < -0.39 is 34.8 Å². The van der Waals surface area contributed by atoms with Gasteiger partial charge in [-0.25, -0.2) is 9.96 Å². The van der Waals surface area contributed by atoms with Crippen molar-refractivity contribution in [2.24, 2.45) is 5.92 Å². The quantitative estimate of drug-likeness (QED) is 0.305. The molecule has 0 N–H and O–H groups in total. The fraction of sp³-hybridized carbons (Fsp3) is 0.167. The molecule has 2 saturated heterocycles. The number of nitro groups is 1. The molecule has 2 amide bonds. The number of ether oxygens (including phenoxy) is 1. The maximum absolute atomic E-state index is 13.6. The number of nitro benzene ring substituents is 1. The van der Waals surface area contributed by atoms with Gasteiger partial charge in [-0.3, -0.25) is 24.5 Å². The Kier molecular flexibility index (Phi) is 5.43. The summed E-state index contributed by atoms with van der Waals surface area (Å²) in [6, 6.07) is 18.6. The molecule has 2 aliphatic rings. The minimum atomic E-state index is -1.10. The lowest BCUT2D eigenvalue weighted by atomic mass is 9.90. The number of anilines is 2. The van der Waals surface area contributed by atoms with Gasteiger partial charge in [0, 0.05) is 17.2 Å². The maximum Gasteiger partial charge on any atom is 0.271 e. The van der Waals surface area contributed by atoms with Gasteiger partial charge < -0.3 is 4.74 Å². The van der Waals surface area contributed by atoms with E-state index in [1.807, 2.05) is 0 Å². The molecule has 3 aromatic carbocycles. The molecule has 0 bridgehead atoms. The van der Waals surface area contributed by atoms with Crippen LogP contribution < -0.4 is 14.7 Å². The number of imide groups is 1. The van der Waals surface area contributed by atoms with E-state index in [0.717, 1.165) is 4.90 Å². The number of fused-ring (bicyclic) bond motifs is 1.